The third kappa shape index (κ3) is 2.31. The van der Waals surface area contributed by atoms with Crippen LogP contribution in [0.1, 0.15) is 21.5 Å². The van der Waals surface area contributed by atoms with Crippen LogP contribution in [0, 0.1) is 17.1 Å². The summed E-state index contributed by atoms with van der Waals surface area (Å²) in [5.41, 5.74) is -3.23. The SMILES string of the molecule is N#Cc1cc(C(F)(F)F)c(C(=O)Cl)cc1F. The number of carbonyl (C=O) groups is 1. The Morgan fingerprint density at radius 2 is 1.94 bits per heavy atom. The van der Waals surface area contributed by atoms with Crippen LogP contribution in [0.25, 0.3) is 0 Å². The number of carbonyl (C=O) groups excluding carboxylic acids is 1. The van der Waals surface area contributed by atoms with E-state index >= 15 is 0 Å². The van der Waals surface area contributed by atoms with E-state index in [4.69, 9.17) is 16.9 Å². The van der Waals surface area contributed by atoms with Crippen molar-refractivity contribution in [2.24, 2.45) is 0 Å². The maximum atomic E-state index is 13.0. The number of hydrogen-bond donors (Lipinski definition) is 0. The fourth-order valence-electron chi connectivity index (χ4n) is 1.06. The minimum absolute atomic E-state index is 0.255. The highest BCUT2D eigenvalue weighted by Gasteiger charge is 2.36. The summed E-state index contributed by atoms with van der Waals surface area (Å²) in [6.07, 6.45) is -4.88. The van der Waals surface area contributed by atoms with Crippen molar-refractivity contribution in [2.45, 2.75) is 6.18 Å². The average molecular weight is 252 g/mol. The van der Waals surface area contributed by atoms with Gasteiger partial charge in [-0.2, -0.15) is 18.4 Å². The van der Waals surface area contributed by atoms with Crippen LogP contribution < -0.4 is 0 Å². The Kier molecular flexibility index (Phi) is 3.19. The van der Waals surface area contributed by atoms with Gasteiger partial charge in [0.1, 0.15) is 11.9 Å². The highest BCUT2D eigenvalue weighted by Crippen LogP contribution is 2.34. The van der Waals surface area contributed by atoms with Crippen LogP contribution in [0.4, 0.5) is 17.6 Å². The van der Waals surface area contributed by atoms with Gasteiger partial charge in [0.25, 0.3) is 5.24 Å². The van der Waals surface area contributed by atoms with E-state index in [1.165, 1.54) is 6.07 Å². The summed E-state index contributed by atoms with van der Waals surface area (Å²) in [5, 5.41) is 6.93. The van der Waals surface area contributed by atoms with Crippen LogP contribution in [-0.4, -0.2) is 5.24 Å². The number of halogens is 5. The van der Waals surface area contributed by atoms with Gasteiger partial charge in [-0.25, -0.2) is 4.39 Å². The molecule has 2 nitrogen and oxygen atoms in total. The first kappa shape index (κ1) is 12.5. The topological polar surface area (TPSA) is 40.9 Å². The van der Waals surface area contributed by atoms with Gasteiger partial charge >= 0.3 is 6.18 Å². The molecule has 0 saturated heterocycles. The van der Waals surface area contributed by atoms with Crippen LogP contribution in [0.2, 0.25) is 0 Å². The van der Waals surface area contributed by atoms with Gasteiger partial charge in [0.15, 0.2) is 0 Å². The first-order valence-corrected chi connectivity index (χ1v) is 4.16. The first-order valence-electron chi connectivity index (χ1n) is 3.78. The quantitative estimate of drug-likeness (QED) is 0.568. The van der Waals surface area contributed by atoms with Gasteiger partial charge in [-0.3, -0.25) is 4.79 Å². The minimum Gasteiger partial charge on any atom is -0.276 e. The van der Waals surface area contributed by atoms with Gasteiger partial charge in [0.2, 0.25) is 0 Å². The Morgan fingerprint density at radius 1 is 1.38 bits per heavy atom. The molecule has 0 aliphatic heterocycles. The first-order chi connectivity index (χ1) is 7.27. The minimum atomic E-state index is -4.88. The summed E-state index contributed by atoms with van der Waals surface area (Å²) in [7, 11) is 0. The molecule has 84 valence electrons. The second-order valence-electron chi connectivity index (χ2n) is 2.76. The highest BCUT2D eigenvalue weighted by atomic mass is 35.5. The van der Waals surface area contributed by atoms with E-state index in [0.29, 0.717) is 6.07 Å². The normalized spacial score (nSPS) is 11.0. The van der Waals surface area contributed by atoms with E-state index in [-0.39, 0.29) is 6.07 Å². The van der Waals surface area contributed by atoms with Crippen LogP contribution in [0.15, 0.2) is 12.1 Å². The molecule has 0 radical (unpaired) electrons. The van der Waals surface area contributed by atoms with Crippen LogP contribution in [-0.2, 0) is 6.18 Å². The molecular weight excluding hydrogens is 250 g/mol. The third-order valence-electron chi connectivity index (χ3n) is 1.74. The molecule has 1 aromatic rings. The molecule has 0 aliphatic rings. The summed E-state index contributed by atoms with van der Waals surface area (Å²) in [6, 6.07) is 1.80. The molecule has 0 unspecified atom stereocenters. The molecule has 0 spiro atoms. The molecule has 0 atom stereocenters. The molecule has 0 N–H and O–H groups in total. The Hall–Kier alpha value is -1.61. The molecule has 0 fully saturated rings. The molecule has 0 heterocycles. The zero-order valence-electron chi connectivity index (χ0n) is 7.40. The summed E-state index contributed by atoms with van der Waals surface area (Å²) in [5.74, 6) is -1.22. The van der Waals surface area contributed by atoms with Gasteiger partial charge in [-0.05, 0) is 23.7 Å². The number of rotatable bonds is 1. The van der Waals surface area contributed by atoms with Crippen molar-refractivity contribution >= 4 is 16.8 Å². The Morgan fingerprint density at radius 3 is 2.31 bits per heavy atom. The summed E-state index contributed by atoms with van der Waals surface area (Å²) < 4.78 is 50.2. The van der Waals surface area contributed by atoms with Crippen molar-refractivity contribution in [1.29, 1.82) is 5.26 Å². The number of alkyl halides is 3. The van der Waals surface area contributed by atoms with Crippen molar-refractivity contribution in [1.82, 2.24) is 0 Å². The standard InChI is InChI=1S/C9H2ClF4NO/c10-8(16)5-2-7(11)4(3-15)1-6(5)9(12,13)14/h1-2H. The predicted molar refractivity (Wildman–Crippen MR) is 46.3 cm³/mol. The lowest BCUT2D eigenvalue weighted by molar-refractivity contribution is -0.137. The van der Waals surface area contributed by atoms with Gasteiger partial charge in [-0.1, -0.05) is 0 Å². The zero-order chi connectivity index (χ0) is 12.5. The lowest BCUT2D eigenvalue weighted by Gasteiger charge is -2.10. The number of nitriles is 1. The van der Waals surface area contributed by atoms with Gasteiger partial charge in [0.05, 0.1) is 11.1 Å². The lowest BCUT2D eigenvalue weighted by atomic mass is 10.0. The van der Waals surface area contributed by atoms with E-state index in [1.807, 2.05) is 0 Å². The van der Waals surface area contributed by atoms with Gasteiger partial charge in [0, 0.05) is 5.56 Å². The Labute approximate surface area is 92.0 Å². The van der Waals surface area contributed by atoms with Crippen LogP contribution >= 0.6 is 11.6 Å². The second kappa shape index (κ2) is 4.10. The molecule has 0 aliphatic carbocycles. The van der Waals surface area contributed by atoms with Gasteiger partial charge in [-0.15, -0.1) is 0 Å². The summed E-state index contributed by atoms with van der Waals surface area (Å²) >= 11 is 4.89. The van der Waals surface area contributed by atoms with Crippen LogP contribution in [0.5, 0.6) is 0 Å². The zero-order valence-corrected chi connectivity index (χ0v) is 8.16. The van der Waals surface area contributed by atoms with Crippen molar-refractivity contribution in [3.05, 3.63) is 34.6 Å². The van der Waals surface area contributed by atoms with Gasteiger partial charge < -0.3 is 0 Å². The average Bonchev–Trinajstić information content (AvgIpc) is 2.15. The largest absolute Gasteiger partial charge is 0.417 e. The summed E-state index contributed by atoms with van der Waals surface area (Å²) in [4.78, 5) is 10.7. The number of hydrogen-bond acceptors (Lipinski definition) is 2. The third-order valence-corrected chi connectivity index (χ3v) is 1.95. The molecule has 0 saturated carbocycles. The Balaban J connectivity index is 3.57. The maximum Gasteiger partial charge on any atom is 0.417 e. The smallest absolute Gasteiger partial charge is 0.276 e. The molecule has 16 heavy (non-hydrogen) atoms. The maximum absolute atomic E-state index is 13.0. The lowest BCUT2D eigenvalue weighted by Crippen LogP contribution is -2.12. The number of nitrogens with zero attached hydrogens (tertiary/aromatic N) is 1. The van der Waals surface area contributed by atoms with E-state index < -0.39 is 33.9 Å². The fraction of sp³-hybridized carbons (Fsp3) is 0.111. The van der Waals surface area contributed by atoms with E-state index in [2.05, 4.69) is 0 Å². The molecule has 0 bridgehead atoms. The van der Waals surface area contributed by atoms with E-state index in [9.17, 15) is 22.4 Å². The van der Waals surface area contributed by atoms with E-state index in [0.717, 1.165) is 0 Å². The predicted octanol–water partition coefficient (Wildman–Crippen LogP) is 3.10. The molecular formula is C9H2ClF4NO. The van der Waals surface area contributed by atoms with E-state index in [1.54, 1.807) is 0 Å². The molecule has 1 rings (SSSR count). The monoisotopic (exact) mass is 251 g/mol. The van der Waals surface area contributed by atoms with Crippen molar-refractivity contribution < 1.29 is 22.4 Å². The molecule has 1 aromatic carbocycles. The molecule has 0 aromatic heterocycles. The molecule has 0 amide bonds. The highest BCUT2D eigenvalue weighted by molar-refractivity contribution is 6.67. The van der Waals surface area contributed by atoms with Crippen molar-refractivity contribution in [3.63, 3.8) is 0 Å². The fourth-order valence-corrected chi connectivity index (χ4v) is 1.21. The second-order valence-corrected chi connectivity index (χ2v) is 3.10. The molecule has 7 heteroatoms. The van der Waals surface area contributed by atoms with Crippen molar-refractivity contribution in [2.75, 3.05) is 0 Å². The Bertz CT molecular complexity index is 490. The summed E-state index contributed by atoms with van der Waals surface area (Å²) in [6.45, 7) is 0. The van der Waals surface area contributed by atoms with Crippen molar-refractivity contribution in [3.8, 4) is 6.07 Å². The number of benzene rings is 1. The van der Waals surface area contributed by atoms with Crippen LogP contribution in [0.3, 0.4) is 0 Å².